The maximum atomic E-state index is 11.5. The highest BCUT2D eigenvalue weighted by Crippen LogP contribution is 2.22. The third kappa shape index (κ3) is 11.3. The largest absolute Gasteiger partial charge is 0.327 e. The average Bonchev–Trinajstić information content (AvgIpc) is 3.13. The molecule has 0 saturated carbocycles. The Morgan fingerprint density at radius 1 is 0.889 bits per heavy atom. The van der Waals surface area contributed by atoms with Gasteiger partial charge in [0.25, 0.3) is 20.2 Å². The summed E-state index contributed by atoms with van der Waals surface area (Å²) in [4.78, 5) is 4.96. The van der Waals surface area contributed by atoms with Crippen LogP contribution in [-0.2, 0) is 33.2 Å². The first-order valence-corrected chi connectivity index (χ1v) is 16.4. The van der Waals surface area contributed by atoms with E-state index in [9.17, 15) is 25.9 Å². The van der Waals surface area contributed by atoms with E-state index in [1.807, 2.05) is 0 Å². The van der Waals surface area contributed by atoms with Crippen LogP contribution in [0.1, 0.15) is 96.2 Å². The number of rotatable bonds is 19. The second kappa shape index (κ2) is 15.1. The molecule has 1 aromatic carbocycles. The van der Waals surface area contributed by atoms with Crippen molar-refractivity contribution in [2.75, 3.05) is 5.75 Å². The van der Waals surface area contributed by atoms with Gasteiger partial charge >= 0.3 is 0 Å². The summed E-state index contributed by atoms with van der Waals surface area (Å²) >= 11 is 5.56. The quantitative estimate of drug-likeness (QED) is 0.119. The predicted molar refractivity (Wildman–Crippen MR) is 148 cm³/mol. The van der Waals surface area contributed by atoms with Crippen LogP contribution in [0.3, 0.4) is 0 Å². The minimum absolute atomic E-state index is 0.0445. The fourth-order valence-corrected chi connectivity index (χ4v) is 5.53. The number of imidazole rings is 1. The molecule has 11 heteroatoms. The summed E-state index contributed by atoms with van der Waals surface area (Å²) in [6.45, 7) is 2.19. The van der Waals surface area contributed by atoms with Gasteiger partial charge in [-0.3, -0.25) is 9.11 Å². The van der Waals surface area contributed by atoms with Crippen molar-refractivity contribution in [1.82, 2.24) is 9.55 Å². The van der Waals surface area contributed by atoms with Crippen molar-refractivity contribution < 1.29 is 25.9 Å². The van der Waals surface area contributed by atoms with Crippen molar-refractivity contribution in [3.8, 4) is 0 Å². The van der Waals surface area contributed by atoms with Crippen LogP contribution < -0.4 is 0 Å². The van der Waals surface area contributed by atoms with Crippen molar-refractivity contribution in [3.63, 3.8) is 0 Å². The predicted octanol–water partition coefficient (Wildman–Crippen LogP) is 6.17. The Labute approximate surface area is 221 Å². The van der Waals surface area contributed by atoms with E-state index in [4.69, 9.17) is 12.2 Å². The van der Waals surface area contributed by atoms with Crippen LogP contribution in [0.2, 0.25) is 0 Å². The van der Waals surface area contributed by atoms with Crippen LogP contribution >= 0.6 is 12.2 Å². The van der Waals surface area contributed by atoms with Crippen molar-refractivity contribution in [2.45, 2.75) is 108 Å². The molecule has 0 unspecified atom stereocenters. The fraction of sp³-hybridized carbons (Fsp3) is 0.680. The SMILES string of the molecule is CCCCCCCCCCCCCCC(=S)Cc1nc2cc(S(=O)(=O)O)ccc2n1CCS(=O)(=O)O. The molecule has 0 bridgehead atoms. The fourth-order valence-electron chi connectivity index (χ4n) is 4.34. The number of fused-ring (bicyclic) bond motifs is 1. The lowest BCUT2D eigenvalue weighted by molar-refractivity contribution is 0.477. The van der Waals surface area contributed by atoms with Crippen molar-refractivity contribution in [3.05, 3.63) is 24.0 Å². The van der Waals surface area contributed by atoms with E-state index in [0.717, 1.165) is 24.1 Å². The van der Waals surface area contributed by atoms with Gasteiger partial charge in [0.2, 0.25) is 0 Å². The summed E-state index contributed by atoms with van der Waals surface area (Å²) in [5.41, 5.74) is 0.817. The lowest BCUT2D eigenvalue weighted by Crippen LogP contribution is -2.15. The molecule has 0 saturated heterocycles. The number of hydrogen-bond acceptors (Lipinski definition) is 6. The van der Waals surface area contributed by atoms with E-state index in [0.29, 0.717) is 23.3 Å². The third-order valence-electron chi connectivity index (χ3n) is 6.33. The zero-order valence-corrected chi connectivity index (χ0v) is 23.6. The monoisotopic (exact) mass is 560 g/mol. The number of thiocarbonyl (C=S) groups is 1. The maximum absolute atomic E-state index is 11.5. The van der Waals surface area contributed by atoms with Gasteiger partial charge in [-0.05, 0) is 31.0 Å². The minimum Gasteiger partial charge on any atom is -0.327 e. The lowest BCUT2D eigenvalue weighted by atomic mass is 10.0. The molecule has 0 aliphatic rings. The molecule has 204 valence electrons. The van der Waals surface area contributed by atoms with Gasteiger partial charge in [0.1, 0.15) is 5.82 Å². The van der Waals surface area contributed by atoms with E-state index >= 15 is 0 Å². The van der Waals surface area contributed by atoms with Gasteiger partial charge in [-0.25, -0.2) is 4.98 Å². The van der Waals surface area contributed by atoms with Crippen LogP contribution in [0.25, 0.3) is 11.0 Å². The van der Waals surface area contributed by atoms with Gasteiger partial charge in [-0.15, -0.1) is 0 Å². The number of unbranched alkanes of at least 4 members (excludes halogenated alkanes) is 11. The summed E-state index contributed by atoms with van der Waals surface area (Å²) in [7, 11) is -8.60. The van der Waals surface area contributed by atoms with Crippen LogP contribution in [0.5, 0.6) is 0 Å². The number of hydrogen-bond donors (Lipinski definition) is 2. The Morgan fingerprint density at radius 2 is 1.44 bits per heavy atom. The van der Waals surface area contributed by atoms with Gasteiger partial charge in [0.15, 0.2) is 0 Å². The van der Waals surface area contributed by atoms with Crippen molar-refractivity contribution in [1.29, 1.82) is 0 Å². The Balaban J connectivity index is 1.85. The highest BCUT2D eigenvalue weighted by atomic mass is 32.2. The van der Waals surface area contributed by atoms with E-state index < -0.39 is 26.0 Å². The number of aromatic nitrogens is 2. The molecule has 0 aliphatic heterocycles. The molecule has 2 N–H and O–H groups in total. The third-order valence-corrected chi connectivity index (χ3v) is 8.23. The Hall–Kier alpha value is -1.40. The Morgan fingerprint density at radius 3 is 1.97 bits per heavy atom. The smallest absolute Gasteiger partial charge is 0.294 e. The van der Waals surface area contributed by atoms with E-state index in [1.165, 1.54) is 82.4 Å². The molecular weight excluding hydrogens is 520 g/mol. The van der Waals surface area contributed by atoms with Crippen LogP contribution in [0.4, 0.5) is 0 Å². The lowest BCUT2D eigenvalue weighted by Gasteiger charge is -2.09. The molecule has 36 heavy (non-hydrogen) atoms. The normalized spacial score (nSPS) is 12.4. The molecule has 1 heterocycles. The second-order valence-electron chi connectivity index (χ2n) is 9.45. The highest BCUT2D eigenvalue weighted by Gasteiger charge is 2.18. The van der Waals surface area contributed by atoms with Gasteiger partial charge in [0.05, 0.1) is 21.7 Å². The highest BCUT2D eigenvalue weighted by molar-refractivity contribution is 7.86. The minimum atomic E-state index is -4.40. The second-order valence-corrected chi connectivity index (χ2v) is 13.0. The molecular formula is C25H40N2O6S3. The summed E-state index contributed by atoms with van der Waals surface area (Å²) in [6.07, 6.45) is 16.2. The van der Waals surface area contributed by atoms with Gasteiger partial charge in [-0.2, -0.15) is 16.8 Å². The molecule has 0 aliphatic carbocycles. The first-order valence-electron chi connectivity index (χ1n) is 12.9. The summed E-state index contributed by atoms with van der Waals surface area (Å²) in [6, 6.07) is 3.94. The van der Waals surface area contributed by atoms with Crippen molar-refractivity contribution in [2.24, 2.45) is 0 Å². The van der Waals surface area contributed by atoms with E-state index in [2.05, 4.69) is 11.9 Å². The number of benzene rings is 1. The zero-order chi connectivity index (χ0) is 26.6. The number of aryl methyl sites for hydroxylation is 1. The van der Waals surface area contributed by atoms with Gasteiger partial charge in [0, 0.05) is 17.8 Å². The Bertz CT molecular complexity index is 1190. The maximum Gasteiger partial charge on any atom is 0.294 e. The summed E-state index contributed by atoms with van der Waals surface area (Å²) in [5, 5.41) is 0. The van der Waals surface area contributed by atoms with Crippen LogP contribution in [-0.4, -0.2) is 46.1 Å². The first kappa shape index (κ1) is 30.8. The van der Waals surface area contributed by atoms with Gasteiger partial charge in [-0.1, -0.05) is 89.8 Å². The summed E-state index contributed by atoms with van der Waals surface area (Å²) in [5.74, 6) is 0.00173. The Kier molecular flexibility index (Phi) is 12.9. The zero-order valence-electron chi connectivity index (χ0n) is 21.2. The van der Waals surface area contributed by atoms with Crippen LogP contribution in [0.15, 0.2) is 23.1 Å². The average molecular weight is 561 g/mol. The molecule has 8 nitrogen and oxygen atoms in total. The van der Waals surface area contributed by atoms with E-state index in [-0.39, 0.29) is 11.4 Å². The first-order chi connectivity index (χ1) is 17.0. The molecule has 0 spiro atoms. The molecule has 2 aromatic rings. The standard InChI is InChI=1S/C25H40N2O6S3/c1-2-3-4-5-6-7-8-9-10-11-12-13-14-21(34)19-25-26-23-20-22(36(31,32)33)15-16-24(23)27(25)17-18-35(28,29)30/h15-16,20H,2-14,17-19H2,1H3,(H,28,29,30)(H,31,32,33). The number of nitrogens with zero attached hydrogens (tertiary/aromatic N) is 2. The van der Waals surface area contributed by atoms with Crippen molar-refractivity contribution >= 4 is 48.4 Å². The summed E-state index contributed by atoms with van der Waals surface area (Å²) < 4.78 is 65.7. The topological polar surface area (TPSA) is 127 Å². The molecule has 1 aromatic heterocycles. The van der Waals surface area contributed by atoms with E-state index in [1.54, 1.807) is 4.57 Å². The molecule has 2 rings (SSSR count). The van der Waals surface area contributed by atoms with Gasteiger partial charge < -0.3 is 4.57 Å². The molecule has 0 fully saturated rings. The molecule has 0 atom stereocenters. The van der Waals surface area contributed by atoms with Crippen LogP contribution in [0, 0.1) is 0 Å². The molecule has 0 radical (unpaired) electrons. The molecule has 0 amide bonds.